The Morgan fingerprint density at radius 1 is 1.38 bits per heavy atom. The number of hydrogen-bond donors (Lipinski definition) is 0. The molecule has 2 atom stereocenters. The lowest BCUT2D eigenvalue weighted by molar-refractivity contribution is -0.127. The largest absolute Gasteiger partial charge is 0.299 e. The molecule has 0 aromatic heterocycles. The minimum Gasteiger partial charge on any atom is -0.299 e. The molecule has 1 aliphatic heterocycles. The summed E-state index contributed by atoms with van der Waals surface area (Å²) in [6.45, 7) is 9.50. The van der Waals surface area contributed by atoms with E-state index in [-0.39, 0.29) is 18.3 Å². The van der Waals surface area contributed by atoms with Crippen LogP contribution in [0.2, 0.25) is 0 Å². The summed E-state index contributed by atoms with van der Waals surface area (Å²) in [5, 5.41) is 0. The summed E-state index contributed by atoms with van der Waals surface area (Å²) < 4.78 is 0. The Morgan fingerprint density at radius 2 is 1.92 bits per heavy atom. The van der Waals surface area contributed by atoms with E-state index < -0.39 is 0 Å². The molecule has 0 aromatic rings. The fraction of sp³-hybridized carbons (Fsp3) is 0.900. The average molecular weight is 206 g/mol. The van der Waals surface area contributed by atoms with Gasteiger partial charge >= 0.3 is 0 Å². The van der Waals surface area contributed by atoms with E-state index in [0.717, 1.165) is 13.0 Å². The monoisotopic (exact) mass is 205 g/mol. The third kappa shape index (κ3) is 2.96. The van der Waals surface area contributed by atoms with Gasteiger partial charge in [0.25, 0.3) is 0 Å². The number of halogens is 1. The van der Waals surface area contributed by atoms with Crippen LogP contribution in [0.25, 0.3) is 0 Å². The van der Waals surface area contributed by atoms with Crippen molar-refractivity contribution in [1.82, 2.24) is 4.90 Å². The molecule has 0 saturated carbocycles. The first kappa shape index (κ1) is 12.9. The van der Waals surface area contributed by atoms with E-state index in [1.165, 1.54) is 0 Å². The van der Waals surface area contributed by atoms with E-state index in [1.54, 1.807) is 0 Å². The lowest BCUT2D eigenvalue weighted by atomic mass is 9.92. The summed E-state index contributed by atoms with van der Waals surface area (Å²) >= 11 is 0. The summed E-state index contributed by atoms with van der Waals surface area (Å²) in [6.07, 6.45) is 0.735. The van der Waals surface area contributed by atoms with E-state index in [2.05, 4.69) is 25.7 Å². The molecule has 1 fully saturated rings. The van der Waals surface area contributed by atoms with Crippen LogP contribution in [0.1, 0.15) is 34.1 Å². The van der Waals surface area contributed by atoms with Gasteiger partial charge in [-0.1, -0.05) is 6.92 Å². The summed E-state index contributed by atoms with van der Waals surface area (Å²) in [5.41, 5.74) is 0. The minimum absolute atomic E-state index is 0. The molecule has 1 rings (SSSR count). The molecule has 3 heteroatoms. The Hall–Kier alpha value is -0.0800. The molecule has 0 bridgehead atoms. The molecule has 0 aromatic carbocycles. The number of piperidine rings is 1. The lowest BCUT2D eigenvalue weighted by Crippen LogP contribution is -2.48. The van der Waals surface area contributed by atoms with Gasteiger partial charge in [-0.05, 0) is 20.8 Å². The molecule has 13 heavy (non-hydrogen) atoms. The van der Waals surface area contributed by atoms with Crippen LogP contribution in [-0.2, 0) is 4.79 Å². The topological polar surface area (TPSA) is 20.3 Å². The number of hydrogen-bond acceptors (Lipinski definition) is 2. The van der Waals surface area contributed by atoms with E-state index in [0.29, 0.717) is 17.9 Å². The summed E-state index contributed by atoms with van der Waals surface area (Å²) in [4.78, 5) is 13.8. The smallest absolute Gasteiger partial charge is 0.138 e. The van der Waals surface area contributed by atoms with Crippen LogP contribution in [0.4, 0.5) is 0 Å². The van der Waals surface area contributed by atoms with Gasteiger partial charge in [0, 0.05) is 31.0 Å². The number of nitrogens with zero attached hydrogens (tertiary/aromatic N) is 1. The number of carbonyl (C=O) groups excluding carboxylic acids is 1. The second-order valence-corrected chi connectivity index (χ2v) is 4.21. The van der Waals surface area contributed by atoms with Gasteiger partial charge in [-0.25, -0.2) is 0 Å². The Kier molecular flexibility index (Phi) is 4.93. The van der Waals surface area contributed by atoms with Gasteiger partial charge in [-0.3, -0.25) is 9.69 Å². The van der Waals surface area contributed by atoms with Crippen LogP contribution in [0.3, 0.4) is 0 Å². The maximum absolute atomic E-state index is 11.3. The van der Waals surface area contributed by atoms with Crippen molar-refractivity contribution < 1.29 is 4.79 Å². The molecule has 78 valence electrons. The van der Waals surface area contributed by atoms with Crippen molar-refractivity contribution in [2.45, 2.75) is 46.2 Å². The lowest BCUT2D eigenvalue weighted by Gasteiger charge is -2.38. The fourth-order valence-corrected chi connectivity index (χ4v) is 1.93. The normalized spacial score (nSPS) is 30.4. The van der Waals surface area contributed by atoms with Crippen molar-refractivity contribution in [1.29, 1.82) is 0 Å². The second-order valence-electron chi connectivity index (χ2n) is 4.21. The van der Waals surface area contributed by atoms with Gasteiger partial charge < -0.3 is 0 Å². The second kappa shape index (κ2) is 4.97. The summed E-state index contributed by atoms with van der Waals surface area (Å²) in [7, 11) is 0. The minimum atomic E-state index is 0. The fourth-order valence-electron chi connectivity index (χ4n) is 1.93. The van der Waals surface area contributed by atoms with Crippen molar-refractivity contribution in [3.8, 4) is 0 Å². The molecule has 1 heterocycles. The van der Waals surface area contributed by atoms with Crippen LogP contribution < -0.4 is 0 Å². The third-order valence-corrected chi connectivity index (χ3v) is 2.76. The molecule has 0 amide bonds. The molecule has 0 radical (unpaired) electrons. The zero-order chi connectivity index (χ0) is 9.30. The maximum atomic E-state index is 11.3. The predicted molar refractivity (Wildman–Crippen MR) is 57.3 cm³/mol. The highest BCUT2D eigenvalue weighted by Crippen LogP contribution is 2.20. The zero-order valence-electron chi connectivity index (χ0n) is 8.91. The standard InChI is InChI=1S/C10H19NO.ClH/c1-7(2)11-6-8(3)10(12)5-9(11)4;/h7-9H,5-6H2,1-4H3;1H/t8-,9-;/m1./s1. The maximum Gasteiger partial charge on any atom is 0.138 e. The Bertz CT molecular complexity index is 182. The number of ketones is 1. The van der Waals surface area contributed by atoms with Crippen LogP contribution >= 0.6 is 12.4 Å². The van der Waals surface area contributed by atoms with Crippen molar-refractivity contribution in [3.63, 3.8) is 0 Å². The molecular formula is C10H20ClNO. The van der Waals surface area contributed by atoms with Gasteiger partial charge in [-0.2, -0.15) is 0 Å². The highest BCUT2D eigenvalue weighted by molar-refractivity contribution is 5.85. The molecule has 1 saturated heterocycles. The van der Waals surface area contributed by atoms with E-state index >= 15 is 0 Å². The molecule has 0 unspecified atom stereocenters. The van der Waals surface area contributed by atoms with Gasteiger partial charge in [0.05, 0.1) is 0 Å². The van der Waals surface area contributed by atoms with Crippen molar-refractivity contribution in [3.05, 3.63) is 0 Å². The van der Waals surface area contributed by atoms with Crippen molar-refractivity contribution in [2.24, 2.45) is 5.92 Å². The predicted octanol–water partition coefficient (Wildman–Crippen LogP) is 2.12. The molecular weight excluding hydrogens is 186 g/mol. The summed E-state index contributed by atoms with van der Waals surface area (Å²) in [6, 6.07) is 1.00. The van der Waals surface area contributed by atoms with Crippen LogP contribution in [0.15, 0.2) is 0 Å². The first-order chi connectivity index (χ1) is 5.52. The van der Waals surface area contributed by atoms with Crippen molar-refractivity contribution in [2.75, 3.05) is 6.54 Å². The molecule has 0 N–H and O–H groups in total. The van der Waals surface area contributed by atoms with Gasteiger partial charge in [0.1, 0.15) is 5.78 Å². The average Bonchev–Trinajstić information content (AvgIpc) is 1.96. The number of carbonyl (C=O) groups is 1. The quantitative estimate of drug-likeness (QED) is 0.654. The Balaban J connectivity index is 0.00000144. The van der Waals surface area contributed by atoms with Crippen LogP contribution in [0.5, 0.6) is 0 Å². The van der Waals surface area contributed by atoms with Gasteiger partial charge in [-0.15, -0.1) is 12.4 Å². The highest BCUT2D eigenvalue weighted by Gasteiger charge is 2.30. The first-order valence-electron chi connectivity index (χ1n) is 4.80. The van der Waals surface area contributed by atoms with Gasteiger partial charge in [0.15, 0.2) is 0 Å². The molecule has 2 nitrogen and oxygen atoms in total. The van der Waals surface area contributed by atoms with Crippen LogP contribution in [-0.4, -0.2) is 29.3 Å². The van der Waals surface area contributed by atoms with E-state index in [1.807, 2.05) is 6.92 Å². The number of Topliss-reactive ketones (excluding diaryl/α,β-unsaturated/α-hetero) is 1. The third-order valence-electron chi connectivity index (χ3n) is 2.76. The Labute approximate surface area is 87.1 Å². The molecule has 0 aliphatic carbocycles. The van der Waals surface area contributed by atoms with Gasteiger partial charge in [0.2, 0.25) is 0 Å². The highest BCUT2D eigenvalue weighted by atomic mass is 35.5. The first-order valence-corrected chi connectivity index (χ1v) is 4.80. The van der Waals surface area contributed by atoms with E-state index in [9.17, 15) is 4.79 Å². The van der Waals surface area contributed by atoms with E-state index in [4.69, 9.17) is 0 Å². The molecule has 1 aliphatic rings. The SMILES string of the molecule is CC(C)N1C[C@@H](C)C(=O)C[C@H]1C.Cl. The Morgan fingerprint density at radius 3 is 2.38 bits per heavy atom. The molecule has 0 spiro atoms. The van der Waals surface area contributed by atoms with Crippen molar-refractivity contribution >= 4 is 18.2 Å². The van der Waals surface area contributed by atoms with Crippen LogP contribution in [0, 0.1) is 5.92 Å². The zero-order valence-corrected chi connectivity index (χ0v) is 9.73. The number of likely N-dealkylation sites (tertiary alicyclic amines) is 1. The summed E-state index contributed by atoms with van der Waals surface area (Å²) in [5.74, 6) is 0.669. The number of rotatable bonds is 1.